The molecule has 1 rings (SSSR count). The molecule has 0 aromatic carbocycles. The first kappa shape index (κ1) is 12.1. The number of carboxylic acid groups (broad SMARTS) is 1. The first-order valence-electron chi connectivity index (χ1n) is 4.37. The van der Waals surface area contributed by atoms with Gasteiger partial charge in [0, 0.05) is 7.11 Å². The molecule has 0 aliphatic carbocycles. The van der Waals surface area contributed by atoms with Gasteiger partial charge in [-0.2, -0.15) is 0 Å². The van der Waals surface area contributed by atoms with Gasteiger partial charge in [0.1, 0.15) is 0 Å². The van der Waals surface area contributed by atoms with Crippen LogP contribution < -0.4 is 4.57 Å². The van der Waals surface area contributed by atoms with Crippen LogP contribution in [-0.2, 0) is 23.6 Å². The average Bonchev–Trinajstić information content (AvgIpc) is 2.42. The summed E-state index contributed by atoms with van der Waals surface area (Å²) in [7, 11) is 5.09. The number of thioether (sulfide) groups is 1. The van der Waals surface area contributed by atoms with Crippen LogP contribution in [0.2, 0.25) is 0 Å². The fourth-order valence-electron chi connectivity index (χ4n) is 1.58. The largest absolute Gasteiger partial charge is 0.479 e. The van der Waals surface area contributed by atoms with Crippen LogP contribution in [0.3, 0.4) is 0 Å². The molecule has 0 saturated carbocycles. The van der Waals surface area contributed by atoms with E-state index in [9.17, 15) is 4.79 Å². The predicted octanol–water partition coefficient (Wildman–Crippen LogP) is 0.344. The molecule has 0 aliphatic rings. The Labute approximate surface area is 92.7 Å². The maximum atomic E-state index is 11.0. The summed E-state index contributed by atoms with van der Waals surface area (Å²) in [6.45, 7) is 0. The smallest absolute Gasteiger partial charge is 0.341 e. The maximum Gasteiger partial charge on any atom is 0.341 e. The molecule has 84 valence electrons. The second kappa shape index (κ2) is 4.67. The normalized spacial score (nSPS) is 12.8. The zero-order chi connectivity index (χ0) is 11.6. The molecule has 0 unspecified atom stereocenters. The number of aryl methyl sites for hydroxylation is 2. The zero-order valence-corrected chi connectivity index (χ0v) is 10.0. The molecule has 1 atom stereocenters. The van der Waals surface area contributed by atoms with E-state index < -0.39 is 12.1 Å². The molecular weight excluding hydrogens is 216 g/mol. The molecule has 1 aromatic rings. The summed E-state index contributed by atoms with van der Waals surface area (Å²) in [6, 6.07) is 0. The topological polar surface area (TPSA) is 55.3 Å². The number of carbonyl (C=O) groups is 1. The lowest BCUT2D eigenvalue weighted by Gasteiger charge is -2.08. The minimum atomic E-state index is -0.977. The van der Waals surface area contributed by atoms with Gasteiger partial charge in [0.25, 0.3) is 0 Å². The van der Waals surface area contributed by atoms with Crippen LogP contribution in [-0.4, -0.2) is 29.0 Å². The minimum absolute atomic E-state index is 0.667. The van der Waals surface area contributed by atoms with Gasteiger partial charge in [-0.1, -0.05) is 11.8 Å². The van der Waals surface area contributed by atoms with E-state index >= 15 is 0 Å². The highest BCUT2D eigenvalue weighted by Gasteiger charge is 2.32. The minimum Gasteiger partial charge on any atom is -0.479 e. The zero-order valence-electron chi connectivity index (χ0n) is 9.22. The number of hydrogen-bond acceptors (Lipinski definition) is 3. The van der Waals surface area contributed by atoms with Crippen molar-refractivity contribution in [1.82, 2.24) is 4.57 Å². The lowest BCUT2D eigenvalue weighted by Crippen LogP contribution is -2.28. The Kier molecular flexibility index (Phi) is 3.76. The van der Waals surface area contributed by atoms with Gasteiger partial charge in [-0.15, -0.1) is 0 Å². The third-order valence-corrected chi connectivity index (χ3v) is 3.05. The first-order valence-corrected chi connectivity index (χ1v) is 5.59. The molecule has 0 spiro atoms. The molecule has 1 aromatic heterocycles. The van der Waals surface area contributed by atoms with Crippen molar-refractivity contribution in [2.24, 2.45) is 14.1 Å². The fourth-order valence-corrected chi connectivity index (χ4v) is 2.38. The highest BCUT2D eigenvalue weighted by molar-refractivity contribution is 7.98. The summed E-state index contributed by atoms with van der Waals surface area (Å²) in [5.74, 6) is -0.977. The van der Waals surface area contributed by atoms with Crippen molar-refractivity contribution in [2.45, 2.75) is 11.1 Å². The Morgan fingerprint density at radius 1 is 1.73 bits per heavy atom. The number of aliphatic carboxylic acids is 1. The molecule has 0 aliphatic heterocycles. The third kappa shape index (κ3) is 2.15. The van der Waals surface area contributed by atoms with Gasteiger partial charge >= 0.3 is 5.97 Å². The van der Waals surface area contributed by atoms with Crippen LogP contribution in [0.15, 0.2) is 11.4 Å². The molecule has 0 fully saturated rings. The summed E-state index contributed by atoms with van der Waals surface area (Å²) < 4.78 is 8.64. The number of nitrogens with zero attached hydrogens (tertiary/aromatic N) is 2. The second-order valence-corrected chi connectivity index (χ2v) is 3.98. The average molecular weight is 231 g/mol. The van der Waals surface area contributed by atoms with Gasteiger partial charge in [0.2, 0.25) is 17.5 Å². The van der Waals surface area contributed by atoms with E-state index in [1.165, 1.54) is 18.9 Å². The maximum absolute atomic E-state index is 11.0. The highest BCUT2D eigenvalue weighted by Crippen LogP contribution is 2.25. The number of carboxylic acids is 1. The number of hydrogen-bond donors (Lipinski definition) is 1. The van der Waals surface area contributed by atoms with E-state index in [1.807, 2.05) is 31.2 Å². The Hall–Kier alpha value is -1.01. The Morgan fingerprint density at radius 2 is 2.33 bits per heavy atom. The van der Waals surface area contributed by atoms with E-state index in [1.54, 1.807) is 4.57 Å². The van der Waals surface area contributed by atoms with Crippen LogP contribution in [0, 0.1) is 0 Å². The van der Waals surface area contributed by atoms with Crippen LogP contribution in [0.1, 0.15) is 11.8 Å². The molecule has 5 nitrogen and oxygen atoms in total. The molecule has 0 amide bonds. The summed E-state index contributed by atoms with van der Waals surface area (Å²) in [5.41, 5.74) is 0.667. The summed E-state index contributed by atoms with van der Waals surface area (Å²) >= 11 is 1.50. The number of imidazole rings is 1. The molecule has 1 heterocycles. The van der Waals surface area contributed by atoms with Crippen LogP contribution in [0.4, 0.5) is 0 Å². The number of rotatable bonds is 4. The van der Waals surface area contributed by atoms with E-state index in [-0.39, 0.29) is 0 Å². The van der Waals surface area contributed by atoms with E-state index in [2.05, 4.69) is 0 Å². The number of ether oxygens (including phenoxy) is 1. The Balaban J connectivity index is 3.27. The van der Waals surface area contributed by atoms with Gasteiger partial charge in [0.15, 0.2) is 5.69 Å². The first-order chi connectivity index (χ1) is 7.02. The van der Waals surface area contributed by atoms with Crippen LogP contribution in [0.25, 0.3) is 0 Å². The van der Waals surface area contributed by atoms with Crippen molar-refractivity contribution in [3.05, 3.63) is 12.0 Å². The van der Waals surface area contributed by atoms with Crippen molar-refractivity contribution in [1.29, 1.82) is 0 Å². The quantitative estimate of drug-likeness (QED) is 0.600. The van der Waals surface area contributed by atoms with Gasteiger partial charge in [-0.25, -0.2) is 13.9 Å². The van der Waals surface area contributed by atoms with Gasteiger partial charge in [0.05, 0.1) is 14.1 Å². The summed E-state index contributed by atoms with van der Waals surface area (Å²) in [5, 5.41) is 9.92. The molecule has 0 bridgehead atoms. The molecule has 1 N–H and O–H groups in total. The monoisotopic (exact) mass is 231 g/mol. The van der Waals surface area contributed by atoms with Crippen LogP contribution >= 0.6 is 11.8 Å². The molecule has 6 heteroatoms. The van der Waals surface area contributed by atoms with Gasteiger partial charge in [-0.05, 0) is 6.26 Å². The van der Waals surface area contributed by atoms with E-state index in [0.717, 1.165) is 5.03 Å². The lowest BCUT2D eigenvalue weighted by molar-refractivity contribution is -0.707. The Bertz CT molecular complexity index is 376. The van der Waals surface area contributed by atoms with Gasteiger partial charge in [-0.3, -0.25) is 0 Å². The molecule has 0 radical (unpaired) electrons. The molecular formula is C9H15N2O3S+. The van der Waals surface area contributed by atoms with Crippen molar-refractivity contribution < 1.29 is 19.2 Å². The lowest BCUT2D eigenvalue weighted by atomic mass is 10.2. The van der Waals surface area contributed by atoms with Crippen molar-refractivity contribution in [3.8, 4) is 0 Å². The number of aromatic nitrogens is 2. The summed E-state index contributed by atoms with van der Waals surface area (Å²) in [6.07, 6.45) is 2.82. The third-order valence-electron chi connectivity index (χ3n) is 2.17. The number of methoxy groups -OCH3 is 1. The fraction of sp³-hybridized carbons (Fsp3) is 0.556. The van der Waals surface area contributed by atoms with Crippen molar-refractivity contribution in [3.63, 3.8) is 0 Å². The Morgan fingerprint density at radius 3 is 2.73 bits per heavy atom. The van der Waals surface area contributed by atoms with E-state index in [4.69, 9.17) is 9.84 Å². The van der Waals surface area contributed by atoms with Gasteiger partial charge < -0.3 is 9.84 Å². The standard InChI is InChI=1S/C9H14N2O3S/c1-10-5-11(2)8(15-4)6(10)7(14-3)9(12)13/h5,7H,1-4H3/p+1/t7-/m1/s1. The van der Waals surface area contributed by atoms with Crippen LogP contribution in [0.5, 0.6) is 0 Å². The highest BCUT2D eigenvalue weighted by atomic mass is 32.2. The van der Waals surface area contributed by atoms with Crippen molar-refractivity contribution >= 4 is 17.7 Å². The van der Waals surface area contributed by atoms with Crippen molar-refractivity contribution in [2.75, 3.05) is 13.4 Å². The predicted molar refractivity (Wildman–Crippen MR) is 55.8 cm³/mol. The SMILES string of the molecule is CO[C@@H](C(=O)O)c1c(SC)[n+](C)cn1C. The molecule has 0 saturated heterocycles. The summed E-state index contributed by atoms with van der Waals surface area (Å²) in [4.78, 5) is 11.0. The molecule has 15 heavy (non-hydrogen) atoms. The van der Waals surface area contributed by atoms with E-state index in [0.29, 0.717) is 5.69 Å². The second-order valence-electron chi connectivity index (χ2n) is 3.19.